The molecular formula is C29H30N6O5. The Kier molecular flexibility index (Phi) is 6.51. The Morgan fingerprint density at radius 3 is 2.55 bits per heavy atom. The first kappa shape index (κ1) is 25.6. The van der Waals surface area contributed by atoms with Gasteiger partial charge in [-0.05, 0) is 73.2 Å². The number of ether oxygens (including phenoxy) is 3. The van der Waals surface area contributed by atoms with E-state index < -0.39 is 11.6 Å². The van der Waals surface area contributed by atoms with Crippen molar-refractivity contribution in [3.8, 4) is 17.2 Å². The Morgan fingerprint density at radius 2 is 1.85 bits per heavy atom. The molecule has 0 aliphatic carbocycles. The lowest BCUT2D eigenvalue weighted by molar-refractivity contribution is 0.171. The number of rotatable bonds is 8. The van der Waals surface area contributed by atoms with Crippen LogP contribution in [0, 0.1) is 0 Å². The Bertz CT molecular complexity index is 1690. The van der Waals surface area contributed by atoms with Crippen LogP contribution < -0.4 is 19.8 Å². The standard InChI is InChI=1S/C29H30N6O5/c1-29(2,3)35-27(31-32-33-35)26(22-12-19-13-24-25(40-17-39-24)14-23(19)30-28(22)36)34(16-21-6-5-11-38-21)15-18-7-9-20(37-4)10-8-18/h5-14,26H,15-17H2,1-4H3,(H,30,36)/t26-/m0/s1. The van der Waals surface area contributed by atoms with Gasteiger partial charge in [0.1, 0.15) is 17.6 Å². The van der Waals surface area contributed by atoms with Crippen molar-refractivity contribution in [2.24, 2.45) is 0 Å². The zero-order valence-electron chi connectivity index (χ0n) is 22.7. The molecule has 2 aromatic carbocycles. The highest BCUT2D eigenvalue weighted by Gasteiger charge is 2.34. The van der Waals surface area contributed by atoms with Crippen LogP contribution in [0.2, 0.25) is 0 Å². The molecule has 11 heteroatoms. The lowest BCUT2D eigenvalue weighted by atomic mass is 10.0. The number of nitrogens with one attached hydrogen (secondary N) is 1. The van der Waals surface area contributed by atoms with Crippen LogP contribution in [0.25, 0.3) is 10.9 Å². The van der Waals surface area contributed by atoms with Gasteiger partial charge in [-0.3, -0.25) is 9.69 Å². The van der Waals surface area contributed by atoms with E-state index in [1.54, 1.807) is 24.1 Å². The number of H-pyrrole nitrogens is 1. The SMILES string of the molecule is COc1ccc(CN(Cc2ccco2)[C@@H](c2cc3cc4c(cc3[nH]c2=O)OCO4)c2nnnn2C(C)(C)C)cc1. The Morgan fingerprint density at radius 1 is 1.07 bits per heavy atom. The van der Waals surface area contributed by atoms with Gasteiger partial charge in [0, 0.05) is 23.6 Å². The van der Waals surface area contributed by atoms with Crippen LogP contribution in [0.5, 0.6) is 17.2 Å². The summed E-state index contributed by atoms with van der Waals surface area (Å²) in [6.07, 6.45) is 1.64. The highest BCUT2D eigenvalue weighted by molar-refractivity contribution is 5.83. The van der Waals surface area contributed by atoms with Gasteiger partial charge in [-0.1, -0.05) is 12.1 Å². The summed E-state index contributed by atoms with van der Waals surface area (Å²) in [5.41, 5.74) is 1.47. The highest BCUT2D eigenvalue weighted by atomic mass is 16.7. The first-order valence-corrected chi connectivity index (χ1v) is 12.9. The summed E-state index contributed by atoms with van der Waals surface area (Å²) < 4.78 is 24.0. The van der Waals surface area contributed by atoms with E-state index in [0.29, 0.717) is 41.5 Å². The van der Waals surface area contributed by atoms with E-state index in [-0.39, 0.29) is 12.4 Å². The molecule has 11 nitrogen and oxygen atoms in total. The van der Waals surface area contributed by atoms with Crippen molar-refractivity contribution in [2.45, 2.75) is 45.4 Å². The fourth-order valence-corrected chi connectivity index (χ4v) is 4.96. The predicted octanol–water partition coefficient (Wildman–Crippen LogP) is 4.39. The summed E-state index contributed by atoms with van der Waals surface area (Å²) in [5.74, 6) is 3.28. The number of methoxy groups -OCH3 is 1. The van der Waals surface area contributed by atoms with E-state index in [1.807, 2.05) is 69.3 Å². The van der Waals surface area contributed by atoms with E-state index in [0.717, 1.165) is 22.5 Å². The maximum atomic E-state index is 13.8. The number of pyridine rings is 1. The fraction of sp³-hybridized carbons (Fsp3) is 0.310. The molecule has 0 saturated heterocycles. The number of benzene rings is 2. The molecule has 5 aromatic rings. The molecule has 6 rings (SSSR count). The van der Waals surface area contributed by atoms with Crippen molar-refractivity contribution in [3.63, 3.8) is 0 Å². The number of aromatic nitrogens is 5. The largest absolute Gasteiger partial charge is 0.497 e. The Balaban J connectivity index is 1.53. The van der Waals surface area contributed by atoms with Gasteiger partial charge < -0.3 is 23.6 Å². The number of aromatic amines is 1. The third-order valence-corrected chi connectivity index (χ3v) is 6.88. The van der Waals surface area contributed by atoms with E-state index >= 15 is 0 Å². The molecule has 0 saturated carbocycles. The van der Waals surface area contributed by atoms with Crippen LogP contribution in [-0.4, -0.2) is 44.0 Å². The van der Waals surface area contributed by atoms with E-state index in [9.17, 15) is 4.79 Å². The molecular weight excluding hydrogens is 512 g/mol. The van der Waals surface area contributed by atoms with Crippen molar-refractivity contribution >= 4 is 10.9 Å². The van der Waals surface area contributed by atoms with E-state index in [2.05, 4.69) is 25.4 Å². The zero-order valence-corrected chi connectivity index (χ0v) is 22.7. The normalized spacial score (nSPS) is 13.7. The highest BCUT2D eigenvalue weighted by Crippen LogP contribution is 2.37. The zero-order chi connectivity index (χ0) is 27.9. The molecule has 4 heterocycles. The lowest BCUT2D eigenvalue weighted by Gasteiger charge is -2.32. The smallest absolute Gasteiger partial charge is 0.253 e. The number of hydrogen-bond donors (Lipinski definition) is 1. The maximum absolute atomic E-state index is 13.8. The third-order valence-electron chi connectivity index (χ3n) is 6.88. The Labute approximate surface area is 230 Å². The monoisotopic (exact) mass is 542 g/mol. The first-order chi connectivity index (χ1) is 19.3. The second kappa shape index (κ2) is 10.2. The Hall–Kier alpha value is -4.64. The minimum absolute atomic E-state index is 0.143. The van der Waals surface area contributed by atoms with E-state index in [1.165, 1.54) is 0 Å². The number of fused-ring (bicyclic) bond motifs is 2. The van der Waals surface area contributed by atoms with Crippen LogP contribution >= 0.6 is 0 Å². The molecule has 1 N–H and O–H groups in total. The topological polar surface area (TPSA) is 121 Å². The summed E-state index contributed by atoms with van der Waals surface area (Å²) in [7, 11) is 1.64. The van der Waals surface area contributed by atoms with Crippen molar-refractivity contribution in [2.75, 3.05) is 13.9 Å². The van der Waals surface area contributed by atoms with Crippen LogP contribution in [-0.2, 0) is 18.6 Å². The molecule has 1 aliphatic rings. The minimum Gasteiger partial charge on any atom is -0.497 e. The van der Waals surface area contributed by atoms with Crippen LogP contribution in [0.4, 0.5) is 0 Å². The van der Waals surface area contributed by atoms with Crippen LogP contribution in [0.15, 0.2) is 70.1 Å². The summed E-state index contributed by atoms with van der Waals surface area (Å²) >= 11 is 0. The number of nitrogens with zero attached hydrogens (tertiary/aromatic N) is 5. The second-order valence-electron chi connectivity index (χ2n) is 10.7. The summed E-state index contributed by atoms with van der Waals surface area (Å²) in [5, 5.41) is 13.6. The molecule has 1 aliphatic heterocycles. The van der Waals surface area contributed by atoms with Gasteiger partial charge in [0.05, 0.1) is 31.0 Å². The van der Waals surface area contributed by atoms with Crippen molar-refractivity contribution < 1.29 is 18.6 Å². The van der Waals surface area contributed by atoms with Gasteiger partial charge in [0.15, 0.2) is 17.3 Å². The molecule has 0 radical (unpaired) electrons. The van der Waals surface area contributed by atoms with Crippen molar-refractivity contribution in [1.29, 1.82) is 0 Å². The quantitative estimate of drug-likeness (QED) is 0.304. The number of tetrazole rings is 1. The molecule has 0 amide bonds. The number of hydrogen-bond acceptors (Lipinski definition) is 9. The second-order valence-corrected chi connectivity index (χ2v) is 10.7. The van der Waals surface area contributed by atoms with Gasteiger partial charge in [-0.15, -0.1) is 5.10 Å². The fourth-order valence-electron chi connectivity index (χ4n) is 4.96. The molecule has 1 atom stereocenters. The van der Waals surface area contributed by atoms with Gasteiger partial charge in [-0.25, -0.2) is 4.68 Å². The first-order valence-electron chi connectivity index (χ1n) is 12.9. The maximum Gasteiger partial charge on any atom is 0.253 e. The van der Waals surface area contributed by atoms with Crippen molar-refractivity contribution in [3.05, 3.63) is 93.9 Å². The summed E-state index contributed by atoms with van der Waals surface area (Å²) in [4.78, 5) is 19.0. The average molecular weight is 543 g/mol. The van der Waals surface area contributed by atoms with Crippen LogP contribution in [0.3, 0.4) is 0 Å². The number of furan rings is 1. The molecule has 206 valence electrons. The van der Waals surface area contributed by atoms with Crippen molar-refractivity contribution in [1.82, 2.24) is 30.1 Å². The predicted molar refractivity (Wildman–Crippen MR) is 146 cm³/mol. The van der Waals surface area contributed by atoms with Gasteiger partial charge in [0.25, 0.3) is 5.56 Å². The minimum atomic E-state index is -0.625. The van der Waals surface area contributed by atoms with Gasteiger partial charge in [0.2, 0.25) is 6.79 Å². The molecule has 0 fully saturated rings. The molecule has 0 unspecified atom stereocenters. The molecule has 3 aromatic heterocycles. The molecule has 40 heavy (non-hydrogen) atoms. The molecule has 0 spiro atoms. The summed E-state index contributed by atoms with van der Waals surface area (Å²) in [6.45, 7) is 7.09. The molecule has 0 bridgehead atoms. The third kappa shape index (κ3) is 4.91. The van der Waals surface area contributed by atoms with Gasteiger partial charge >= 0.3 is 0 Å². The van der Waals surface area contributed by atoms with Crippen LogP contribution in [0.1, 0.15) is 49.5 Å². The average Bonchev–Trinajstić information content (AvgIpc) is 3.70. The van der Waals surface area contributed by atoms with Gasteiger partial charge in [-0.2, -0.15) is 0 Å². The summed E-state index contributed by atoms with van der Waals surface area (Å²) in [6, 6.07) is 16.5. The lowest BCUT2D eigenvalue weighted by Crippen LogP contribution is -2.37. The van der Waals surface area contributed by atoms with E-state index in [4.69, 9.17) is 18.6 Å².